The molecule has 1 N–H and O–H groups in total. The summed E-state index contributed by atoms with van der Waals surface area (Å²) in [6.07, 6.45) is 4.25. The van der Waals surface area contributed by atoms with Gasteiger partial charge >= 0.3 is 0 Å². The van der Waals surface area contributed by atoms with Crippen molar-refractivity contribution in [3.05, 3.63) is 24.0 Å². The van der Waals surface area contributed by atoms with Gasteiger partial charge in [-0.15, -0.1) is 0 Å². The summed E-state index contributed by atoms with van der Waals surface area (Å²) in [6, 6.07) is 3.96. The van der Waals surface area contributed by atoms with E-state index in [0.29, 0.717) is 0 Å². The minimum atomic E-state index is 0.246. The molecule has 0 saturated heterocycles. The summed E-state index contributed by atoms with van der Waals surface area (Å²) in [6.45, 7) is 10.7. The molecular formula is C15H26N2O. The van der Waals surface area contributed by atoms with E-state index in [1.54, 1.807) is 6.20 Å². The van der Waals surface area contributed by atoms with Gasteiger partial charge in [-0.2, -0.15) is 0 Å². The number of nitrogens with zero attached hydrogens (tertiary/aromatic N) is 1. The first-order valence-corrected chi connectivity index (χ1v) is 6.88. The second-order valence-corrected chi connectivity index (χ2v) is 5.30. The molecule has 1 heterocycles. The third kappa shape index (κ3) is 6.60. The monoisotopic (exact) mass is 250 g/mol. The standard InChI is InChI=1S/C15H26N2O/c1-12(2)10-16-9-5-6-14(4)18-15-8-7-13(3)17-11-15/h7-8,11-12,14,16H,5-6,9-10H2,1-4H3. The zero-order valence-corrected chi connectivity index (χ0v) is 12.1. The largest absolute Gasteiger partial charge is 0.489 e. The third-order valence-corrected chi connectivity index (χ3v) is 2.74. The SMILES string of the molecule is Cc1ccc(OC(C)CCCNCC(C)C)cn1. The molecule has 1 atom stereocenters. The van der Waals surface area contributed by atoms with Gasteiger partial charge in [0.05, 0.1) is 12.3 Å². The van der Waals surface area contributed by atoms with Gasteiger partial charge in [-0.1, -0.05) is 13.8 Å². The van der Waals surface area contributed by atoms with Crippen LogP contribution >= 0.6 is 0 Å². The molecule has 0 saturated carbocycles. The number of pyridine rings is 1. The van der Waals surface area contributed by atoms with E-state index in [9.17, 15) is 0 Å². The van der Waals surface area contributed by atoms with Crippen molar-refractivity contribution in [1.82, 2.24) is 10.3 Å². The van der Waals surface area contributed by atoms with E-state index in [1.807, 2.05) is 19.1 Å². The molecule has 1 aromatic heterocycles. The number of hydrogen-bond donors (Lipinski definition) is 1. The first kappa shape index (κ1) is 15.0. The van der Waals surface area contributed by atoms with Crippen LogP contribution in [0.25, 0.3) is 0 Å². The van der Waals surface area contributed by atoms with Crippen LogP contribution in [-0.4, -0.2) is 24.2 Å². The number of nitrogens with one attached hydrogen (secondary N) is 1. The van der Waals surface area contributed by atoms with Crippen LogP contribution in [0.15, 0.2) is 18.3 Å². The highest BCUT2D eigenvalue weighted by atomic mass is 16.5. The summed E-state index contributed by atoms with van der Waals surface area (Å²) in [4.78, 5) is 4.22. The molecule has 0 radical (unpaired) electrons. The van der Waals surface area contributed by atoms with Crippen LogP contribution in [0.4, 0.5) is 0 Å². The Labute approximate surface area is 111 Å². The second kappa shape index (κ2) is 8.09. The molecule has 3 nitrogen and oxygen atoms in total. The van der Waals surface area contributed by atoms with Crippen molar-refractivity contribution in [3.8, 4) is 5.75 Å². The van der Waals surface area contributed by atoms with E-state index >= 15 is 0 Å². The van der Waals surface area contributed by atoms with Crippen LogP contribution in [0.1, 0.15) is 39.3 Å². The maximum Gasteiger partial charge on any atom is 0.138 e. The van der Waals surface area contributed by atoms with Crippen LogP contribution in [0.5, 0.6) is 5.75 Å². The molecule has 0 aliphatic carbocycles. The minimum absolute atomic E-state index is 0.246. The Kier molecular flexibility index (Phi) is 6.73. The Morgan fingerprint density at radius 1 is 1.28 bits per heavy atom. The van der Waals surface area contributed by atoms with E-state index < -0.39 is 0 Å². The summed E-state index contributed by atoms with van der Waals surface area (Å²) < 4.78 is 5.81. The lowest BCUT2D eigenvalue weighted by Gasteiger charge is -2.15. The van der Waals surface area contributed by atoms with Crippen molar-refractivity contribution < 1.29 is 4.74 Å². The molecule has 0 spiro atoms. The molecule has 102 valence electrons. The third-order valence-electron chi connectivity index (χ3n) is 2.74. The number of aromatic nitrogens is 1. The normalized spacial score (nSPS) is 12.7. The first-order chi connectivity index (χ1) is 8.58. The maximum atomic E-state index is 5.81. The quantitative estimate of drug-likeness (QED) is 0.720. The highest BCUT2D eigenvalue weighted by molar-refractivity contribution is 5.19. The predicted molar refractivity (Wildman–Crippen MR) is 76.0 cm³/mol. The molecule has 3 heteroatoms. The maximum absolute atomic E-state index is 5.81. The van der Waals surface area contributed by atoms with Gasteiger partial charge < -0.3 is 10.1 Å². The first-order valence-electron chi connectivity index (χ1n) is 6.88. The van der Waals surface area contributed by atoms with Gasteiger partial charge in [0.2, 0.25) is 0 Å². The molecule has 1 rings (SSSR count). The van der Waals surface area contributed by atoms with E-state index in [4.69, 9.17) is 4.74 Å². The Balaban J connectivity index is 2.13. The molecule has 0 aliphatic heterocycles. The fourth-order valence-electron chi connectivity index (χ4n) is 1.72. The predicted octanol–water partition coefficient (Wildman–Crippen LogP) is 3.18. The lowest BCUT2D eigenvalue weighted by atomic mass is 10.2. The minimum Gasteiger partial charge on any atom is -0.489 e. The van der Waals surface area contributed by atoms with Gasteiger partial charge in [0.1, 0.15) is 5.75 Å². The molecule has 0 fully saturated rings. The van der Waals surface area contributed by atoms with Gasteiger partial charge in [0.15, 0.2) is 0 Å². The average Bonchev–Trinajstić information content (AvgIpc) is 2.31. The summed E-state index contributed by atoms with van der Waals surface area (Å²) in [5.41, 5.74) is 1.02. The smallest absolute Gasteiger partial charge is 0.138 e. The fraction of sp³-hybridized carbons (Fsp3) is 0.667. The molecule has 0 aliphatic rings. The Morgan fingerprint density at radius 3 is 2.67 bits per heavy atom. The topological polar surface area (TPSA) is 34.1 Å². The van der Waals surface area contributed by atoms with E-state index in [2.05, 4.69) is 31.1 Å². The fourth-order valence-corrected chi connectivity index (χ4v) is 1.72. The lowest BCUT2D eigenvalue weighted by molar-refractivity contribution is 0.206. The van der Waals surface area contributed by atoms with Crippen molar-refractivity contribution in [2.75, 3.05) is 13.1 Å². The van der Waals surface area contributed by atoms with Gasteiger partial charge in [-0.25, -0.2) is 0 Å². The summed E-state index contributed by atoms with van der Waals surface area (Å²) in [5.74, 6) is 1.58. The number of ether oxygens (including phenoxy) is 1. The average molecular weight is 250 g/mol. The molecular weight excluding hydrogens is 224 g/mol. The highest BCUT2D eigenvalue weighted by Gasteiger charge is 2.04. The Bertz CT molecular complexity index is 322. The van der Waals surface area contributed by atoms with Crippen LogP contribution in [0, 0.1) is 12.8 Å². The second-order valence-electron chi connectivity index (χ2n) is 5.30. The van der Waals surface area contributed by atoms with Gasteiger partial charge in [-0.3, -0.25) is 4.98 Å². The van der Waals surface area contributed by atoms with Crippen LogP contribution < -0.4 is 10.1 Å². The molecule has 1 aromatic rings. The molecule has 0 amide bonds. The zero-order chi connectivity index (χ0) is 13.4. The number of aryl methyl sites for hydroxylation is 1. The summed E-state index contributed by atoms with van der Waals surface area (Å²) in [5, 5.41) is 3.44. The molecule has 0 bridgehead atoms. The van der Waals surface area contributed by atoms with E-state index in [0.717, 1.165) is 43.3 Å². The summed E-state index contributed by atoms with van der Waals surface area (Å²) >= 11 is 0. The van der Waals surface area contributed by atoms with Crippen molar-refractivity contribution in [3.63, 3.8) is 0 Å². The molecule has 18 heavy (non-hydrogen) atoms. The van der Waals surface area contributed by atoms with Crippen molar-refractivity contribution in [2.24, 2.45) is 5.92 Å². The van der Waals surface area contributed by atoms with Gasteiger partial charge in [-0.05, 0) is 57.8 Å². The summed E-state index contributed by atoms with van der Waals surface area (Å²) in [7, 11) is 0. The van der Waals surface area contributed by atoms with Crippen LogP contribution in [0.3, 0.4) is 0 Å². The van der Waals surface area contributed by atoms with E-state index in [-0.39, 0.29) is 6.10 Å². The van der Waals surface area contributed by atoms with Crippen LogP contribution in [0.2, 0.25) is 0 Å². The van der Waals surface area contributed by atoms with Crippen molar-refractivity contribution >= 4 is 0 Å². The molecule has 0 aromatic carbocycles. The highest BCUT2D eigenvalue weighted by Crippen LogP contribution is 2.12. The van der Waals surface area contributed by atoms with Crippen molar-refractivity contribution in [1.29, 1.82) is 0 Å². The Hall–Kier alpha value is -1.09. The van der Waals surface area contributed by atoms with Crippen molar-refractivity contribution in [2.45, 2.75) is 46.6 Å². The van der Waals surface area contributed by atoms with Gasteiger partial charge in [0, 0.05) is 5.69 Å². The number of rotatable bonds is 8. The van der Waals surface area contributed by atoms with Gasteiger partial charge in [0.25, 0.3) is 0 Å². The molecule has 1 unspecified atom stereocenters. The van der Waals surface area contributed by atoms with E-state index in [1.165, 1.54) is 0 Å². The Morgan fingerprint density at radius 2 is 2.06 bits per heavy atom. The van der Waals surface area contributed by atoms with Crippen LogP contribution in [-0.2, 0) is 0 Å². The zero-order valence-electron chi connectivity index (χ0n) is 12.1. The lowest BCUT2D eigenvalue weighted by Crippen LogP contribution is -2.22. The number of hydrogen-bond acceptors (Lipinski definition) is 3.